The summed E-state index contributed by atoms with van der Waals surface area (Å²) in [5.74, 6) is 0.0568. The molecule has 0 radical (unpaired) electrons. The van der Waals surface area contributed by atoms with E-state index in [4.69, 9.17) is 15.3 Å². The van der Waals surface area contributed by atoms with Crippen LogP contribution >= 0.6 is 0 Å². The van der Waals surface area contributed by atoms with Crippen molar-refractivity contribution in [3.8, 4) is 23.6 Å². The first-order valence-corrected chi connectivity index (χ1v) is 5.37. The van der Waals surface area contributed by atoms with Gasteiger partial charge in [0.05, 0.1) is 16.6 Å². The van der Waals surface area contributed by atoms with Gasteiger partial charge in [0.2, 0.25) is 5.75 Å². The van der Waals surface area contributed by atoms with Gasteiger partial charge in [-0.15, -0.1) is 0 Å². The highest BCUT2D eigenvalue weighted by Crippen LogP contribution is 2.32. The summed E-state index contributed by atoms with van der Waals surface area (Å²) >= 11 is 0. The fourth-order valence-electron chi connectivity index (χ4n) is 1.49. The molecule has 0 aliphatic rings. The molecule has 7 heteroatoms. The molecule has 0 bridgehead atoms. The summed E-state index contributed by atoms with van der Waals surface area (Å²) in [5.41, 5.74) is -0.182. The van der Waals surface area contributed by atoms with Crippen LogP contribution in [0.4, 0.5) is 5.69 Å². The third-order valence-electron chi connectivity index (χ3n) is 2.38. The van der Waals surface area contributed by atoms with E-state index in [9.17, 15) is 10.1 Å². The summed E-state index contributed by atoms with van der Waals surface area (Å²) in [5, 5.41) is 28.6. The number of nitro benzene ring substituents is 1. The third-order valence-corrected chi connectivity index (χ3v) is 2.38. The van der Waals surface area contributed by atoms with Crippen molar-refractivity contribution in [1.82, 2.24) is 4.98 Å². The van der Waals surface area contributed by atoms with Crippen LogP contribution in [0.3, 0.4) is 0 Å². The molecule has 0 N–H and O–H groups in total. The molecule has 0 amide bonds. The van der Waals surface area contributed by atoms with Crippen LogP contribution in [0, 0.1) is 32.8 Å². The van der Waals surface area contributed by atoms with E-state index in [0.29, 0.717) is 0 Å². The molecule has 0 unspecified atom stereocenters. The normalized spacial score (nSPS) is 9.30. The number of ether oxygens (including phenoxy) is 1. The maximum atomic E-state index is 11.0. The first-order valence-electron chi connectivity index (χ1n) is 5.37. The largest absolute Gasteiger partial charge is 0.447 e. The van der Waals surface area contributed by atoms with Crippen molar-refractivity contribution in [2.75, 3.05) is 0 Å². The minimum atomic E-state index is -0.654. The van der Waals surface area contributed by atoms with E-state index in [1.54, 1.807) is 6.07 Å². The molecule has 2 rings (SSSR count). The van der Waals surface area contributed by atoms with E-state index in [-0.39, 0.29) is 28.4 Å². The molecule has 0 saturated heterocycles. The van der Waals surface area contributed by atoms with Gasteiger partial charge in [-0.3, -0.25) is 10.1 Å². The van der Waals surface area contributed by atoms with Crippen LogP contribution < -0.4 is 4.74 Å². The van der Waals surface area contributed by atoms with Gasteiger partial charge in [-0.2, -0.15) is 10.5 Å². The average Bonchev–Trinajstić information content (AvgIpc) is 2.48. The predicted molar refractivity (Wildman–Crippen MR) is 66.8 cm³/mol. The number of nitriles is 2. The SMILES string of the molecule is N#Cc1ccc(Oc2cccnc2C#N)c([N+](=O)[O-])c1. The Morgan fingerprint density at radius 2 is 2.00 bits per heavy atom. The minimum absolute atomic E-state index is 0.0196. The van der Waals surface area contributed by atoms with Crippen molar-refractivity contribution in [2.45, 2.75) is 0 Å². The Labute approximate surface area is 113 Å². The van der Waals surface area contributed by atoms with Gasteiger partial charge >= 0.3 is 5.69 Å². The number of nitrogens with zero attached hydrogens (tertiary/aromatic N) is 4. The number of pyridine rings is 1. The van der Waals surface area contributed by atoms with Crippen LogP contribution in [0.5, 0.6) is 11.5 Å². The molecule has 2 aromatic rings. The number of hydrogen-bond acceptors (Lipinski definition) is 6. The molecule has 96 valence electrons. The van der Waals surface area contributed by atoms with E-state index < -0.39 is 4.92 Å². The Morgan fingerprint density at radius 1 is 1.20 bits per heavy atom. The molecule has 1 aromatic heterocycles. The molecule has 1 heterocycles. The molecular weight excluding hydrogens is 260 g/mol. The molecule has 20 heavy (non-hydrogen) atoms. The van der Waals surface area contributed by atoms with Crippen molar-refractivity contribution in [3.63, 3.8) is 0 Å². The fourth-order valence-corrected chi connectivity index (χ4v) is 1.49. The molecule has 1 aromatic carbocycles. The van der Waals surface area contributed by atoms with Crippen LogP contribution in [0.15, 0.2) is 36.5 Å². The van der Waals surface area contributed by atoms with Crippen molar-refractivity contribution < 1.29 is 9.66 Å². The Hall–Kier alpha value is -3.45. The van der Waals surface area contributed by atoms with Crippen molar-refractivity contribution in [1.29, 1.82) is 10.5 Å². The second-order valence-electron chi connectivity index (χ2n) is 3.62. The zero-order valence-corrected chi connectivity index (χ0v) is 9.98. The zero-order chi connectivity index (χ0) is 14.5. The van der Waals surface area contributed by atoms with E-state index >= 15 is 0 Å². The Bertz CT molecular complexity index is 759. The summed E-state index contributed by atoms with van der Waals surface area (Å²) in [6.07, 6.45) is 1.42. The van der Waals surface area contributed by atoms with E-state index in [1.807, 2.05) is 12.1 Å². The monoisotopic (exact) mass is 266 g/mol. The van der Waals surface area contributed by atoms with Gasteiger partial charge in [0.1, 0.15) is 6.07 Å². The van der Waals surface area contributed by atoms with Crippen LogP contribution in [0.25, 0.3) is 0 Å². The smallest absolute Gasteiger partial charge is 0.312 e. The van der Waals surface area contributed by atoms with E-state index in [1.165, 1.54) is 24.4 Å². The minimum Gasteiger partial charge on any atom is -0.447 e. The molecule has 0 spiro atoms. The maximum Gasteiger partial charge on any atom is 0.312 e. The van der Waals surface area contributed by atoms with Crippen molar-refractivity contribution >= 4 is 5.69 Å². The lowest BCUT2D eigenvalue weighted by Crippen LogP contribution is -1.96. The number of nitro groups is 1. The van der Waals surface area contributed by atoms with Gasteiger partial charge in [0.25, 0.3) is 0 Å². The van der Waals surface area contributed by atoms with Crippen LogP contribution in [-0.4, -0.2) is 9.91 Å². The van der Waals surface area contributed by atoms with Crippen molar-refractivity contribution in [2.24, 2.45) is 0 Å². The maximum absolute atomic E-state index is 11.0. The Balaban J connectivity index is 2.47. The predicted octanol–water partition coefficient (Wildman–Crippen LogP) is 2.53. The van der Waals surface area contributed by atoms with Gasteiger partial charge in [0.15, 0.2) is 11.4 Å². The lowest BCUT2D eigenvalue weighted by atomic mass is 10.2. The van der Waals surface area contributed by atoms with Crippen LogP contribution in [-0.2, 0) is 0 Å². The lowest BCUT2D eigenvalue weighted by molar-refractivity contribution is -0.385. The summed E-state index contributed by atoms with van der Waals surface area (Å²) in [7, 11) is 0. The number of rotatable bonds is 3. The highest BCUT2D eigenvalue weighted by Gasteiger charge is 2.18. The topological polar surface area (TPSA) is 113 Å². The van der Waals surface area contributed by atoms with Crippen LogP contribution in [0.2, 0.25) is 0 Å². The van der Waals surface area contributed by atoms with Gasteiger partial charge in [-0.05, 0) is 24.3 Å². The Kier molecular flexibility index (Phi) is 3.55. The molecule has 0 aliphatic carbocycles. The average molecular weight is 266 g/mol. The Morgan fingerprint density at radius 3 is 2.65 bits per heavy atom. The molecular formula is C13H6N4O3. The number of aromatic nitrogens is 1. The third kappa shape index (κ3) is 2.52. The second-order valence-corrected chi connectivity index (χ2v) is 3.62. The highest BCUT2D eigenvalue weighted by molar-refractivity contribution is 5.54. The summed E-state index contributed by atoms with van der Waals surface area (Å²) in [6.45, 7) is 0. The quantitative estimate of drug-likeness (QED) is 0.623. The number of hydrogen-bond donors (Lipinski definition) is 0. The molecule has 7 nitrogen and oxygen atoms in total. The van der Waals surface area contributed by atoms with Gasteiger partial charge < -0.3 is 4.74 Å². The van der Waals surface area contributed by atoms with Gasteiger partial charge in [-0.25, -0.2) is 4.98 Å². The zero-order valence-electron chi connectivity index (χ0n) is 9.98. The van der Waals surface area contributed by atoms with Crippen LogP contribution in [0.1, 0.15) is 11.3 Å². The highest BCUT2D eigenvalue weighted by atomic mass is 16.6. The first kappa shape index (κ1) is 13.0. The second kappa shape index (κ2) is 5.46. The fraction of sp³-hybridized carbons (Fsp3) is 0. The summed E-state index contributed by atoms with van der Waals surface area (Å²) in [4.78, 5) is 14.1. The van der Waals surface area contributed by atoms with Gasteiger partial charge in [0, 0.05) is 12.3 Å². The molecule has 0 saturated carbocycles. The molecule has 0 fully saturated rings. The van der Waals surface area contributed by atoms with E-state index in [2.05, 4.69) is 4.98 Å². The summed E-state index contributed by atoms with van der Waals surface area (Å²) in [6, 6.07) is 10.5. The van der Waals surface area contributed by atoms with Gasteiger partial charge in [-0.1, -0.05) is 0 Å². The first-order chi connectivity index (χ1) is 9.65. The standard InChI is InChI=1S/C13H6N4O3/c14-7-9-3-4-13(11(6-9)17(18)19)20-12-2-1-5-16-10(12)8-15/h1-6H. The molecule has 0 atom stereocenters. The number of benzene rings is 1. The molecule has 0 aliphatic heterocycles. The lowest BCUT2D eigenvalue weighted by Gasteiger charge is -2.07. The van der Waals surface area contributed by atoms with E-state index in [0.717, 1.165) is 6.07 Å². The summed E-state index contributed by atoms with van der Waals surface area (Å²) < 4.78 is 5.36. The van der Waals surface area contributed by atoms with Crippen molar-refractivity contribution in [3.05, 3.63) is 57.9 Å².